The summed E-state index contributed by atoms with van der Waals surface area (Å²) in [4.78, 5) is 72.9. The number of phosphoric acid groups is 2. The SMILES string of the molecule is CCCCCC/C=C\C=C/CCCCCCCC(=O)O[C@H](COC(=O)CCCCCCCCCCCCCCCC)COP(=O)(O)OC[C@@H](O)COP(=O)(O)OC[C@@H](COC(=O)CCCCCCCCCCCCCCC)OC(=O)CCCCCCCCCCCCCCCC. The molecule has 0 fully saturated rings. The molecule has 3 N–H and O–H groups in total. The van der Waals surface area contributed by atoms with Gasteiger partial charge in [-0.3, -0.25) is 37.3 Å². The number of rotatable bonds is 76. The summed E-state index contributed by atoms with van der Waals surface area (Å²) in [5.41, 5.74) is 0. The maximum Gasteiger partial charge on any atom is 0.472 e. The fraction of sp³-hybridized carbons (Fsp3) is 0.896. The Hall–Kier alpha value is -2.46. The summed E-state index contributed by atoms with van der Waals surface area (Å²) in [5, 5.41) is 10.6. The van der Waals surface area contributed by atoms with Crippen LogP contribution in [0, 0.1) is 0 Å². The van der Waals surface area contributed by atoms with Crippen molar-refractivity contribution in [3.05, 3.63) is 24.3 Å². The molecule has 0 aliphatic heterocycles. The van der Waals surface area contributed by atoms with Gasteiger partial charge in [0.1, 0.15) is 19.3 Å². The molecule has 0 spiro atoms. The largest absolute Gasteiger partial charge is 0.472 e. The van der Waals surface area contributed by atoms with Gasteiger partial charge in [0.05, 0.1) is 26.4 Å². The van der Waals surface area contributed by atoms with Crippen LogP contribution in [0.15, 0.2) is 24.3 Å². The van der Waals surface area contributed by atoms with Crippen molar-refractivity contribution in [2.75, 3.05) is 39.6 Å². The molecule has 0 radical (unpaired) electrons. The highest BCUT2D eigenvalue weighted by atomic mass is 31.2. The van der Waals surface area contributed by atoms with E-state index in [9.17, 15) is 43.2 Å². The highest BCUT2D eigenvalue weighted by Crippen LogP contribution is 2.45. The van der Waals surface area contributed by atoms with Crippen LogP contribution in [0.4, 0.5) is 0 Å². The summed E-state index contributed by atoms with van der Waals surface area (Å²) in [6, 6.07) is 0. The van der Waals surface area contributed by atoms with Crippen LogP contribution in [0.5, 0.6) is 0 Å². The van der Waals surface area contributed by atoms with E-state index >= 15 is 0 Å². The van der Waals surface area contributed by atoms with Crippen LogP contribution in [0.3, 0.4) is 0 Å². The topological polar surface area (TPSA) is 237 Å². The van der Waals surface area contributed by atoms with Gasteiger partial charge in [0, 0.05) is 25.7 Å². The van der Waals surface area contributed by atoms with E-state index in [2.05, 4.69) is 52.0 Å². The Morgan fingerprint density at radius 2 is 0.500 bits per heavy atom. The van der Waals surface area contributed by atoms with Crippen molar-refractivity contribution in [1.82, 2.24) is 0 Å². The summed E-state index contributed by atoms with van der Waals surface area (Å²) < 4.78 is 68.6. The average molecular weight is 1410 g/mol. The quantitative estimate of drug-likeness (QED) is 0.0169. The van der Waals surface area contributed by atoms with Gasteiger partial charge in [-0.2, -0.15) is 0 Å². The fourth-order valence-electron chi connectivity index (χ4n) is 11.4. The maximum atomic E-state index is 13.1. The van der Waals surface area contributed by atoms with Crippen LogP contribution >= 0.6 is 15.6 Å². The minimum atomic E-state index is -4.96. The predicted octanol–water partition coefficient (Wildman–Crippen LogP) is 22.6. The number of carbonyl (C=O) groups excluding carboxylic acids is 4. The number of phosphoric ester groups is 2. The number of hydrogen-bond acceptors (Lipinski definition) is 15. The Labute approximate surface area is 586 Å². The van der Waals surface area contributed by atoms with E-state index in [0.717, 1.165) is 103 Å². The Morgan fingerprint density at radius 1 is 0.292 bits per heavy atom. The number of aliphatic hydroxyl groups is 1. The van der Waals surface area contributed by atoms with Gasteiger partial charge in [-0.15, -0.1) is 0 Å². The highest BCUT2D eigenvalue weighted by molar-refractivity contribution is 7.47. The van der Waals surface area contributed by atoms with Crippen LogP contribution in [-0.4, -0.2) is 96.7 Å². The van der Waals surface area contributed by atoms with Gasteiger partial charge in [0.2, 0.25) is 0 Å². The van der Waals surface area contributed by atoms with E-state index in [4.69, 9.17) is 37.0 Å². The molecule has 2 unspecified atom stereocenters. The lowest BCUT2D eigenvalue weighted by Gasteiger charge is -2.21. The van der Waals surface area contributed by atoms with E-state index < -0.39 is 97.5 Å². The molecule has 0 rings (SSSR count). The van der Waals surface area contributed by atoms with Crippen molar-refractivity contribution in [2.24, 2.45) is 0 Å². The minimum Gasteiger partial charge on any atom is -0.462 e. The first-order valence-corrected chi connectivity index (χ1v) is 42.6. The minimum absolute atomic E-state index is 0.0860. The molecule has 0 aliphatic rings. The van der Waals surface area contributed by atoms with Crippen molar-refractivity contribution in [2.45, 2.75) is 406 Å². The third-order valence-electron chi connectivity index (χ3n) is 17.5. The molecule has 0 bridgehead atoms. The zero-order valence-electron chi connectivity index (χ0n) is 61.8. The van der Waals surface area contributed by atoms with Gasteiger partial charge < -0.3 is 33.8 Å². The third kappa shape index (κ3) is 70.0. The predicted molar refractivity (Wildman–Crippen MR) is 391 cm³/mol. The monoisotopic (exact) mass is 1410 g/mol. The van der Waals surface area contributed by atoms with Crippen molar-refractivity contribution in [3.63, 3.8) is 0 Å². The van der Waals surface area contributed by atoms with E-state index in [0.29, 0.717) is 25.7 Å². The number of aliphatic hydroxyl groups excluding tert-OH is 1. The molecule has 17 nitrogen and oxygen atoms in total. The van der Waals surface area contributed by atoms with Crippen LogP contribution in [0.1, 0.15) is 387 Å². The van der Waals surface area contributed by atoms with Crippen LogP contribution in [0.25, 0.3) is 0 Å². The van der Waals surface area contributed by atoms with Gasteiger partial charge >= 0.3 is 39.5 Å². The molecule has 0 saturated heterocycles. The summed E-state index contributed by atoms with van der Waals surface area (Å²) in [5.74, 6) is -2.14. The molecule has 0 aromatic carbocycles. The molecular formula is C77H146O17P2. The van der Waals surface area contributed by atoms with Crippen LogP contribution in [-0.2, 0) is 65.4 Å². The zero-order chi connectivity index (χ0) is 70.4. The Balaban J connectivity index is 5.30. The molecule has 0 aromatic heterocycles. The molecule has 19 heteroatoms. The van der Waals surface area contributed by atoms with E-state index in [-0.39, 0.29) is 25.7 Å². The van der Waals surface area contributed by atoms with Crippen LogP contribution in [0.2, 0.25) is 0 Å². The van der Waals surface area contributed by atoms with Crippen molar-refractivity contribution in [3.8, 4) is 0 Å². The van der Waals surface area contributed by atoms with Crippen LogP contribution < -0.4 is 0 Å². The van der Waals surface area contributed by atoms with Crippen molar-refractivity contribution < 1.29 is 80.2 Å². The molecular weight excluding hydrogens is 1260 g/mol. The van der Waals surface area contributed by atoms with Gasteiger partial charge in [-0.25, -0.2) is 9.13 Å². The first kappa shape index (κ1) is 93.5. The molecule has 5 atom stereocenters. The number of carbonyl (C=O) groups is 4. The Bertz CT molecular complexity index is 1920. The van der Waals surface area contributed by atoms with Crippen molar-refractivity contribution in [1.29, 1.82) is 0 Å². The smallest absolute Gasteiger partial charge is 0.462 e. The molecule has 0 aliphatic carbocycles. The summed E-state index contributed by atoms with van der Waals surface area (Å²) in [6.07, 6.45) is 64.4. The third-order valence-corrected chi connectivity index (χ3v) is 19.4. The normalized spacial score (nSPS) is 14.0. The van der Waals surface area contributed by atoms with Crippen molar-refractivity contribution >= 4 is 39.5 Å². The lowest BCUT2D eigenvalue weighted by Crippen LogP contribution is -2.30. The lowest BCUT2D eigenvalue weighted by molar-refractivity contribution is -0.161. The lowest BCUT2D eigenvalue weighted by atomic mass is 10.0. The Morgan fingerprint density at radius 3 is 0.760 bits per heavy atom. The summed E-state index contributed by atoms with van der Waals surface area (Å²) in [6.45, 7) is 4.94. The summed E-state index contributed by atoms with van der Waals surface area (Å²) in [7, 11) is -9.92. The molecule has 0 heterocycles. The molecule has 96 heavy (non-hydrogen) atoms. The average Bonchev–Trinajstić information content (AvgIpc) is 1.60. The van der Waals surface area contributed by atoms with Gasteiger partial charge in [-0.05, 0) is 51.4 Å². The van der Waals surface area contributed by atoms with E-state index in [1.54, 1.807) is 0 Å². The fourth-order valence-corrected chi connectivity index (χ4v) is 13.0. The second kappa shape index (κ2) is 71.0. The second-order valence-electron chi connectivity index (χ2n) is 27.1. The molecule has 0 aromatic rings. The number of hydrogen-bond donors (Lipinski definition) is 3. The molecule has 566 valence electrons. The maximum absolute atomic E-state index is 13.1. The van der Waals surface area contributed by atoms with E-state index in [1.165, 1.54) is 205 Å². The Kier molecular flexibility index (Phi) is 69.1. The first-order chi connectivity index (χ1) is 46.7. The standard InChI is InChI=1S/C77H146O17P2/c1-5-9-13-17-21-25-29-33-36-40-44-48-52-56-60-64-77(82)94-73(68-88-75(80)62-58-54-50-46-42-38-34-30-26-22-18-14-10-6-2)70-92-96(85,86)90-66-71(78)65-89-95(83,84)91-69-72(67-87-74(79)61-57-53-49-45-41-37-32-28-24-20-16-12-8-4)93-76(81)63-59-55-51-47-43-39-35-31-27-23-19-15-11-7-3/h25,29,33,36,71-73,78H,5-24,26-28,30-32,34-35,37-70H2,1-4H3,(H,83,84)(H,85,86)/b29-25-,36-33-/t71-,72+,73+/m0/s1. The number of ether oxygens (including phenoxy) is 4. The zero-order valence-corrected chi connectivity index (χ0v) is 63.6. The number of allylic oxidation sites excluding steroid dienone is 4. The highest BCUT2D eigenvalue weighted by Gasteiger charge is 2.30. The number of unbranched alkanes of at least 4 members (excludes halogenated alkanes) is 47. The second-order valence-corrected chi connectivity index (χ2v) is 30.0. The van der Waals surface area contributed by atoms with Gasteiger partial charge in [-0.1, -0.05) is 335 Å². The van der Waals surface area contributed by atoms with E-state index in [1.807, 2.05) is 0 Å². The summed E-state index contributed by atoms with van der Waals surface area (Å²) >= 11 is 0. The van der Waals surface area contributed by atoms with Gasteiger partial charge in [0.25, 0.3) is 0 Å². The number of esters is 4. The molecule has 0 saturated carbocycles. The molecule has 0 amide bonds. The van der Waals surface area contributed by atoms with Gasteiger partial charge in [0.15, 0.2) is 12.2 Å². The first-order valence-electron chi connectivity index (χ1n) is 39.6.